The summed E-state index contributed by atoms with van der Waals surface area (Å²) >= 11 is 0. The van der Waals surface area contributed by atoms with Gasteiger partial charge in [-0.3, -0.25) is 9.36 Å². The second-order valence-electron chi connectivity index (χ2n) is 6.34. The van der Waals surface area contributed by atoms with E-state index in [0.717, 1.165) is 0 Å². The van der Waals surface area contributed by atoms with E-state index in [4.69, 9.17) is 4.42 Å². The number of benzene rings is 1. The van der Waals surface area contributed by atoms with Gasteiger partial charge in [-0.05, 0) is 25.0 Å². The van der Waals surface area contributed by atoms with Gasteiger partial charge in [-0.25, -0.2) is 4.79 Å². The lowest BCUT2D eigenvalue weighted by molar-refractivity contribution is -0.189. The summed E-state index contributed by atoms with van der Waals surface area (Å²) in [7, 11) is 0. The first kappa shape index (κ1) is 17.6. The molecule has 8 heteroatoms. The average Bonchev–Trinajstić information content (AvgIpc) is 2.87. The largest absolute Gasteiger partial charge is 0.419 e. The molecule has 0 unspecified atom stereocenters. The number of hydrogen-bond donors (Lipinski definition) is 1. The molecule has 1 fully saturated rings. The normalized spacial score (nSPS) is 21.4. The molecule has 2 aromatic rings. The van der Waals surface area contributed by atoms with Crippen LogP contribution in [0.3, 0.4) is 0 Å². The molecule has 3 rings (SSSR count). The SMILES string of the molecule is O=C(CCn1c(=O)oc2ccccc21)N[C@@H]1CCCC[C@H]1C(F)(F)F. The molecule has 5 nitrogen and oxygen atoms in total. The van der Waals surface area contributed by atoms with Crippen molar-refractivity contribution in [3.8, 4) is 0 Å². The van der Waals surface area contributed by atoms with Crippen molar-refractivity contribution in [1.82, 2.24) is 9.88 Å². The standard InChI is InChI=1S/C17H19F3N2O3/c18-17(19,20)11-5-1-2-6-12(11)21-15(23)9-10-22-13-7-3-4-8-14(13)25-16(22)24/h3-4,7-8,11-12H,1-2,5-6,9-10H2,(H,21,23)/t11-,12-/m1/s1. The quantitative estimate of drug-likeness (QED) is 0.915. The highest BCUT2D eigenvalue weighted by molar-refractivity contribution is 5.77. The van der Waals surface area contributed by atoms with Crippen LogP contribution in [0.25, 0.3) is 11.1 Å². The smallest absolute Gasteiger partial charge is 0.408 e. The molecule has 1 aliphatic rings. The third-order valence-corrected chi connectivity index (χ3v) is 4.67. The Hall–Kier alpha value is -2.25. The Morgan fingerprint density at radius 2 is 1.96 bits per heavy atom. The number of carbonyl (C=O) groups is 1. The summed E-state index contributed by atoms with van der Waals surface area (Å²) in [4.78, 5) is 23.9. The molecular weight excluding hydrogens is 337 g/mol. The highest BCUT2D eigenvalue weighted by Crippen LogP contribution is 2.37. The number of fused-ring (bicyclic) bond motifs is 1. The van der Waals surface area contributed by atoms with Gasteiger partial charge in [-0.1, -0.05) is 25.0 Å². The third kappa shape index (κ3) is 3.88. The van der Waals surface area contributed by atoms with Crippen molar-refractivity contribution >= 4 is 17.0 Å². The lowest BCUT2D eigenvalue weighted by Gasteiger charge is -2.33. The van der Waals surface area contributed by atoms with Crippen LogP contribution in [0.5, 0.6) is 0 Å². The van der Waals surface area contributed by atoms with Gasteiger partial charge in [0.05, 0.1) is 11.4 Å². The van der Waals surface area contributed by atoms with Crippen LogP contribution in [0.1, 0.15) is 32.1 Å². The molecule has 1 saturated carbocycles. The summed E-state index contributed by atoms with van der Waals surface area (Å²) in [6.45, 7) is 0.0606. The third-order valence-electron chi connectivity index (χ3n) is 4.67. The zero-order valence-corrected chi connectivity index (χ0v) is 13.5. The minimum absolute atomic E-state index is 0.0419. The number of para-hydroxylation sites is 2. The number of aryl methyl sites for hydroxylation is 1. The second-order valence-corrected chi connectivity index (χ2v) is 6.34. The van der Waals surface area contributed by atoms with Crippen molar-refractivity contribution in [1.29, 1.82) is 0 Å². The Labute approximate surface area is 141 Å². The number of halogens is 3. The van der Waals surface area contributed by atoms with Crippen LogP contribution in [0.2, 0.25) is 0 Å². The van der Waals surface area contributed by atoms with Crippen LogP contribution >= 0.6 is 0 Å². The van der Waals surface area contributed by atoms with Gasteiger partial charge >= 0.3 is 11.9 Å². The van der Waals surface area contributed by atoms with E-state index in [1.807, 2.05) is 0 Å². The lowest BCUT2D eigenvalue weighted by Crippen LogP contribution is -2.47. The van der Waals surface area contributed by atoms with Gasteiger partial charge in [0.1, 0.15) is 0 Å². The van der Waals surface area contributed by atoms with Gasteiger partial charge in [-0.2, -0.15) is 13.2 Å². The van der Waals surface area contributed by atoms with E-state index in [9.17, 15) is 22.8 Å². The van der Waals surface area contributed by atoms with Gasteiger partial charge < -0.3 is 9.73 Å². The van der Waals surface area contributed by atoms with Crippen molar-refractivity contribution in [2.24, 2.45) is 5.92 Å². The molecule has 0 radical (unpaired) electrons. The summed E-state index contributed by atoms with van der Waals surface area (Å²) in [5.41, 5.74) is 0.975. The van der Waals surface area contributed by atoms with Crippen LogP contribution in [0.15, 0.2) is 33.5 Å². The van der Waals surface area contributed by atoms with E-state index >= 15 is 0 Å². The van der Waals surface area contributed by atoms with E-state index < -0.39 is 29.8 Å². The fraction of sp³-hybridized carbons (Fsp3) is 0.529. The first-order valence-corrected chi connectivity index (χ1v) is 8.30. The van der Waals surface area contributed by atoms with Crippen LogP contribution in [-0.2, 0) is 11.3 Å². The molecule has 1 aliphatic carbocycles. The van der Waals surface area contributed by atoms with Crippen LogP contribution < -0.4 is 11.1 Å². The van der Waals surface area contributed by atoms with Crippen LogP contribution in [0.4, 0.5) is 13.2 Å². The summed E-state index contributed by atoms with van der Waals surface area (Å²) in [6, 6.07) is 5.91. The number of nitrogens with zero attached hydrogens (tertiary/aromatic N) is 1. The van der Waals surface area contributed by atoms with Crippen LogP contribution in [0, 0.1) is 5.92 Å². The number of nitrogens with one attached hydrogen (secondary N) is 1. The molecule has 0 saturated heterocycles. The summed E-state index contributed by atoms with van der Waals surface area (Å²) < 4.78 is 45.6. The molecule has 0 aliphatic heterocycles. The fourth-order valence-electron chi connectivity index (χ4n) is 3.41. The number of amides is 1. The van der Waals surface area contributed by atoms with Crippen molar-refractivity contribution < 1.29 is 22.4 Å². The van der Waals surface area contributed by atoms with Crippen molar-refractivity contribution in [2.75, 3.05) is 0 Å². The van der Waals surface area contributed by atoms with E-state index in [1.165, 1.54) is 4.57 Å². The topological polar surface area (TPSA) is 64.2 Å². The highest BCUT2D eigenvalue weighted by Gasteiger charge is 2.45. The maximum absolute atomic E-state index is 13.1. The fourth-order valence-corrected chi connectivity index (χ4v) is 3.41. The Morgan fingerprint density at radius 3 is 2.72 bits per heavy atom. The number of carbonyl (C=O) groups excluding carboxylic acids is 1. The molecule has 1 heterocycles. The molecule has 1 N–H and O–H groups in total. The predicted molar refractivity (Wildman–Crippen MR) is 85.0 cm³/mol. The summed E-state index contributed by atoms with van der Waals surface area (Å²) in [5.74, 6) is -2.57. The van der Waals surface area contributed by atoms with Gasteiger partial charge in [-0.15, -0.1) is 0 Å². The Kier molecular flexibility index (Phi) is 4.87. The lowest BCUT2D eigenvalue weighted by atomic mass is 9.84. The molecule has 25 heavy (non-hydrogen) atoms. The molecule has 1 aromatic heterocycles. The average molecular weight is 356 g/mol. The minimum Gasteiger partial charge on any atom is -0.408 e. The molecule has 136 valence electrons. The first-order valence-electron chi connectivity index (χ1n) is 8.30. The summed E-state index contributed by atoms with van der Waals surface area (Å²) in [6.07, 6.45) is -2.83. The predicted octanol–water partition coefficient (Wildman–Crippen LogP) is 3.22. The molecule has 2 atom stereocenters. The summed E-state index contributed by atoms with van der Waals surface area (Å²) in [5, 5.41) is 2.50. The number of oxazole rings is 1. The number of rotatable bonds is 4. The zero-order chi connectivity index (χ0) is 18.0. The van der Waals surface area contributed by atoms with E-state index in [-0.39, 0.29) is 19.4 Å². The Morgan fingerprint density at radius 1 is 1.24 bits per heavy atom. The van der Waals surface area contributed by atoms with E-state index in [0.29, 0.717) is 30.4 Å². The van der Waals surface area contributed by atoms with Gasteiger partial charge in [0.2, 0.25) is 5.91 Å². The molecule has 1 aromatic carbocycles. The monoisotopic (exact) mass is 356 g/mol. The Balaban J connectivity index is 1.64. The van der Waals surface area contributed by atoms with Crippen molar-refractivity contribution in [3.63, 3.8) is 0 Å². The van der Waals surface area contributed by atoms with E-state index in [2.05, 4.69) is 5.32 Å². The maximum Gasteiger partial charge on any atom is 0.419 e. The number of aromatic nitrogens is 1. The highest BCUT2D eigenvalue weighted by atomic mass is 19.4. The van der Waals surface area contributed by atoms with Crippen LogP contribution in [-0.4, -0.2) is 22.7 Å². The number of hydrogen-bond acceptors (Lipinski definition) is 3. The maximum atomic E-state index is 13.1. The Bertz CT molecular complexity index is 809. The zero-order valence-electron chi connectivity index (χ0n) is 13.5. The second kappa shape index (κ2) is 6.93. The molecule has 0 bridgehead atoms. The molecular formula is C17H19F3N2O3. The minimum atomic E-state index is -4.31. The first-order chi connectivity index (χ1) is 11.9. The van der Waals surface area contributed by atoms with E-state index in [1.54, 1.807) is 24.3 Å². The molecule has 1 amide bonds. The van der Waals surface area contributed by atoms with Gasteiger partial charge in [0.25, 0.3) is 0 Å². The van der Waals surface area contributed by atoms with Crippen molar-refractivity contribution in [3.05, 3.63) is 34.8 Å². The molecule has 0 spiro atoms. The van der Waals surface area contributed by atoms with Gasteiger partial charge in [0.15, 0.2) is 5.58 Å². The number of alkyl halides is 3. The van der Waals surface area contributed by atoms with Gasteiger partial charge in [0, 0.05) is 19.0 Å². The van der Waals surface area contributed by atoms with Crippen molar-refractivity contribution in [2.45, 2.75) is 50.9 Å².